The molecule has 0 aliphatic carbocycles. The number of hydrogen-bond acceptors (Lipinski definition) is 4. The third kappa shape index (κ3) is 4.26. The topological polar surface area (TPSA) is 79.9 Å². The molecule has 0 atom stereocenters. The minimum atomic E-state index is 0.0302. The first-order chi connectivity index (χ1) is 11.7. The van der Waals surface area contributed by atoms with E-state index in [0.29, 0.717) is 29.9 Å². The van der Waals surface area contributed by atoms with Gasteiger partial charge in [0.25, 0.3) is 0 Å². The van der Waals surface area contributed by atoms with Crippen molar-refractivity contribution in [2.45, 2.75) is 39.0 Å². The smallest absolute Gasteiger partial charge is 0.223 e. The monoisotopic (exact) mass is 324 g/mol. The normalized spacial score (nSPS) is 14.7. The van der Waals surface area contributed by atoms with Gasteiger partial charge in [-0.25, -0.2) is 0 Å². The average Bonchev–Trinajstić information content (AvgIpc) is 2.64. The van der Waals surface area contributed by atoms with Crippen LogP contribution in [-0.2, 0) is 4.79 Å². The fourth-order valence-corrected chi connectivity index (χ4v) is 3.16. The van der Waals surface area contributed by atoms with Crippen LogP contribution in [0.15, 0.2) is 18.2 Å². The predicted octanol–water partition coefficient (Wildman–Crippen LogP) is 2.95. The van der Waals surface area contributed by atoms with Crippen molar-refractivity contribution in [3.05, 3.63) is 29.3 Å². The van der Waals surface area contributed by atoms with E-state index < -0.39 is 0 Å². The molecule has 24 heavy (non-hydrogen) atoms. The highest BCUT2D eigenvalue weighted by atomic mass is 16.1. The second-order valence-corrected chi connectivity index (χ2v) is 6.18. The summed E-state index contributed by atoms with van der Waals surface area (Å²) < 4.78 is 0. The zero-order valence-electron chi connectivity index (χ0n) is 14.2. The van der Waals surface area contributed by atoms with Crippen molar-refractivity contribution >= 4 is 11.6 Å². The summed E-state index contributed by atoms with van der Waals surface area (Å²) in [6.45, 7) is 4.29. The number of benzene rings is 1. The summed E-state index contributed by atoms with van der Waals surface area (Å²) in [5, 5.41) is 21.6. The Morgan fingerprint density at radius 3 is 2.38 bits per heavy atom. The number of unbranched alkanes of at least 4 members (excludes halogenated alkanes) is 2. The molecule has 0 unspecified atom stereocenters. The molecule has 1 aliphatic heterocycles. The number of carbonyl (C=O) groups is 1. The van der Waals surface area contributed by atoms with Gasteiger partial charge < -0.3 is 10.2 Å². The minimum absolute atomic E-state index is 0.0302. The molecule has 1 amide bonds. The summed E-state index contributed by atoms with van der Waals surface area (Å²) in [7, 11) is 0. The highest BCUT2D eigenvalue weighted by Gasteiger charge is 2.27. The largest absolute Gasteiger partial charge is 0.369 e. The summed E-state index contributed by atoms with van der Waals surface area (Å²) in [5.74, 6) is 0.169. The molecule has 1 aromatic rings. The first-order valence-electron chi connectivity index (χ1n) is 8.67. The Bertz CT molecular complexity index is 616. The third-order valence-electron chi connectivity index (χ3n) is 4.54. The zero-order chi connectivity index (χ0) is 17.4. The van der Waals surface area contributed by atoms with Crippen molar-refractivity contribution in [3.63, 3.8) is 0 Å². The summed E-state index contributed by atoms with van der Waals surface area (Å²) >= 11 is 0. The highest BCUT2D eigenvalue weighted by molar-refractivity contribution is 5.79. The van der Waals surface area contributed by atoms with Crippen molar-refractivity contribution in [2.24, 2.45) is 5.92 Å². The van der Waals surface area contributed by atoms with Gasteiger partial charge in [-0.05, 0) is 31.4 Å². The fraction of sp³-hybridized carbons (Fsp3) is 0.526. The minimum Gasteiger partial charge on any atom is -0.369 e. The Morgan fingerprint density at radius 2 is 1.83 bits per heavy atom. The predicted molar refractivity (Wildman–Crippen MR) is 93.3 cm³/mol. The Morgan fingerprint density at radius 1 is 1.21 bits per heavy atom. The van der Waals surface area contributed by atoms with Crippen molar-refractivity contribution in [2.75, 3.05) is 24.5 Å². The molecule has 1 saturated heterocycles. The molecule has 0 aromatic heterocycles. The Hall–Kier alpha value is -2.53. The lowest BCUT2D eigenvalue weighted by Gasteiger charge is -2.34. The van der Waals surface area contributed by atoms with Crippen LogP contribution in [0.1, 0.15) is 50.2 Å². The van der Waals surface area contributed by atoms with Crippen LogP contribution in [0.3, 0.4) is 0 Å². The summed E-state index contributed by atoms with van der Waals surface area (Å²) in [6.07, 6.45) is 4.82. The lowest BCUT2D eigenvalue weighted by Crippen LogP contribution is -2.41. The maximum absolute atomic E-state index is 12.2. The van der Waals surface area contributed by atoms with Crippen molar-refractivity contribution < 1.29 is 4.79 Å². The Kier molecular flexibility index (Phi) is 6.63. The van der Waals surface area contributed by atoms with E-state index in [0.717, 1.165) is 38.6 Å². The van der Waals surface area contributed by atoms with Gasteiger partial charge in [-0.1, -0.05) is 25.8 Å². The molecular formula is C19H24N4O. The Labute approximate surface area is 143 Å². The maximum atomic E-state index is 12.2. The van der Waals surface area contributed by atoms with Crippen molar-refractivity contribution in [1.29, 1.82) is 10.5 Å². The number of nitrogens with zero attached hydrogens (tertiary/aromatic N) is 3. The van der Waals surface area contributed by atoms with Gasteiger partial charge in [-0.3, -0.25) is 4.79 Å². The highest BCUT2D eigenvalue weighted by Crippen LogP contribution is 2.29. The SMILES string of the molecule is CCCCCNC(=O)C1CCN(c2c(C#N)cccc2C#N)CC1. The van der Waals surface area contributed by atoms with Gasteiger partial charge in [0.05, 0.1) is 16.8 Å². The van der Waals surface area contributed by atoms with E-state index in [2.05, 4.69) is 29.3 Å². The van der Waals surface area contributed by atoms with Crippen LogP contribution in [0.25, 0.3) is 0 Å². The van der Waals surface area contributed by atoms with E-state index in [1.807, 2.05) is 0 Å². The molecule has 5 heteroatoms. The second kappa shape index (κ2) is 8.93. The lowest BCUT2D eigenvalue weighted by molar-refractivity contribution is -0.125. The number of amides is 1. The number of rotatable bonds is 6. The van der Waals surface area contributed by atoms with E-state index in [1.165, 1.54) is 0 Å². The molecule has 0 spiro atoms. The van der Waals surface area contributed by atoms with Gasteiger partial charge in [0, 0.05) is 25.6 Å². The molecule has 126 valence electrons. The third-order valence-corrected chi connectivity index (χ3v) is 4.54. The van der Waals surface area contributed by atoms with Gasteiger partial charge in [0.15, 0.2) is 0 Å². The van der Waals surface area contributed by atoms with E-state index in [9.17, 15) is 15.3 Å². The molecule has 1 N–H and O–H groups in total. The zero-order valence-corrected chi connectivity index (χ0v) is 14.2. The first-order valence-corrected chi connectivity index (χ1v) is 8.67. The van der Waals surface area contributed by atoms with Crippen LogP contribution in [0.2, 0.25) is 0 Å². The van der Waals surface area contributed by atoms with Crippen molar-refractivity contribution in [1.82, 2.24) is 5.32 Å². The van der Waals surface area contributed by atoms with E-state index in [-0.39, 0.29) is 11.8 Å². The van der Waals surface area contributed by atoms with Crippen molar-refractivity contribution in [3.8, 4) is 12.1 Å². The summed E-state index contributed by atoms with van der Waals surface area (Å²) in [6, 6.07) is 9.55. The molecule has 0 saturated carbocycles. The standard InChI is InChI=1S/C19H24N4O/c1-2-3-4-10-22-19(24)15-8-11-23(12-9-15)18-16(13-20)6-5-7-17(18)14-21/h5-7,15H,2-4,8-12H2,1H3,(H,22,24). The number of nitrogens with one attached hydrogen (secondary N) is 1. The van der Waals surface area contributed by atoms with Crippen LogP contribution in [0.4, 0.5) is 5.69 Å². The molecule has 1 heterocycles. The maximum Gasteiger partial charge on any atom is 0.223 e. The molecule has 2 rings (SSSR count). The van der Waals surface area contributed by atoms with Crippen LogP contribution in [0, 0.1) is 28.6 Å². The molecule has 1 aliphatic rings. The van der Waals surface area contributed by atoms with Gasteiger partial charge in [-0.15, -0.1) is 0 Å². The van der Waals surface area contributed by atoms with E-state index in [4.69, 9.17) is 0 Å². The van der Waals surface area contributed by atoms with Crippen LogP contribution in [-0.4, -0.2) is 25.5 Å². The quantitative estimate of drug-likeness (QED) is 0.816. The fourth-order valence-electron chi connectivity index (χ4n) is 3.16. The Balaban J connectivity index is 1.95. The molecule has 5 nitrogen and oxygen atoms in total. The second-order valence-electron chi connectivity index (χ2n) is 6.18. The summed E-state index contributed by atoms with van der Waals surface area (Å²) in [4.78, 5) is 14.3. The van der Waals surface area contributed by atoms with Gasteiger partial charge in [0.1, 0.15) is 12.1 Å². The average molecular weight is 324 g/mol. The van der Waals surface area contributed by atoms with Gasteiger partial charge in [-0.2, -0.15) is 10.5 Å². The molecule has 0 bridgehead atoms. The number of nitriles is 2. The van der Waals surface area contributed by atoms with Crippen LogP contribution in [0.5, 0.6) is 0 Å². The lowest BCUT2D eigenvalue weighted by atomic mass is 9.94. The molecule has 1 fully saturated rings. The van der Waals surface area contributed by atoms with Gasteiger partial charge in [0.2, 0.25) is 5.91 Å². The first kappa shape index (κ1) is 17.8. The van der Waals surface area contributed by atoms with Crippen LogP contribution >= 0.6 is 0 Å². The molecule has 1 aromatic carbocycles. The van der Waals surface area contributed by atoms with E-state index in [1.54, 1.807) is 18.2 Å². The molecular weight excluding hydrogens is 300 g/mol. The van der Waals surface area contributed by atoms with Gasteiger partial charge >= 0.3 is 0 Å². The number of carbonyl (C=O) groups excluding carboxylic acids is 1. The van der Waals surface area contributed by atoms with E-state index >= 15 is 0 Å². The number of para-hydroxylation sites is 1. The number of hydrogen-bond donors (Lipinski definition) is 1. The number of piperidine rings is 1. The van der Waals surface area contributed by atoms with Crippen LogP contribution < -0.4 is 10.2 Å². The summed E-state index contributed by atoms with van der Waals surface area (Å²) in [5.41, 5.74) is 1.76. The molecule has 0 radical (unpaired) electrons. The number of anilines is 1.